The molecular formula is C48H57N5O4Si. The van der Waals surface area contributed by atoms with E-state index in [1.807, 2.05) is 50.2 Å². The van der Waals surface area contributed by atoms with Crippen molar-refractivity contribution in [3.63, 3.8) is 0 Å². The molecule has 302 valence electrons. The van der Waals surface area contributed by atoms with Gasteiger partial charge in [-0.2, -0.15) is 4.98 Å². The number of ether oxygens (including phenoxy) is 3. The molecule has 58 heavy (non-hydrogen) atoms. The van der Waals surface area contributed by atoms with Gasteiger partial charge in [0.15, 0.2) is 14.1 Å². The Bertz CT molecular complexity index is 2240. The molecule has 2 fully saturated rings. The van der Waals surface area contributed by atoms with Crippen molar-refractivity contribution in [2.75, 3.05) is 11.5 Å². The summed E-state index contributed by atoms with van der Waals surface area (Å²) in [5, 5.41) is 4.04. The standard InChI is InChI=1S/C48H57N5O4Si/c1-47(2,3)58(6,7)55-33-39-43-44(57-48(4,5)56-43)41(49-39)38-31-52(28-34-20-12-8-13-21-34)42-40(38)50-46(51-45(42)54-32-37-26-18-11-19-27-37)53(29-35-22-14-9-15-23-35)30-36-24-16-10-17-25-36/h8-27,31,39,41,43-44,49H,28-30,32-33H2,1-7H3. The van der Waals surface area contributed by atoms with Crippen LogP contribution >= 0.6 is 0 Å². The lowest BCUT2D eigenvalue weighted by Crippen LogP contribution is -2.47. The van der Waals surface area contributed by atoms with Crippen LogP contribution in [0.15, 0.2) is 128 Å². The van der Waals surface area contributed by atoms with Crippen LogP contribution < -0.4 is 15.0 Å². The largest absolute Gasteiger partial charge is 0.471 e. The van der Waals surface area contributed by atoms with Crippen molar-refractivity contribution in [3.05, 3.63) is 155 Å². The van der Waals surface area contributed by atoms with E-state index in [2.05, 4.69) is 140 Å². The van der Waals surface area contributed by atoms with Gasteiger partial charge in [0.1, 0.15) is 29.8 Å². The molecule has 10 heteroatoms. The summed E-state index contributed by atoms with van der Waals surface area (Å²) in [5.41, 5.74) is 7.24. The van der Waals surface area contributed by atoms with E-state index in [1.54, 1.807) is 0 Å². The lowest BCUT2D eigenvalue weighted by Gasteiger charge is -2.37. The van der Waals surface area contributed by atoms with Crippen LogP contribution in [0, 0.1) is 0 Å². The third-order valence-electron chi connectivity index (χ3n) is 11.9. The molecule has 4 aromatic carbocycles. The monoisotopic (exact) mass is 795 g/mol. The maximum Gasteiger partial charge on any atom is 0.243 e. The molecule has 1 N–H and O–H groups in total. The summed E-state index contributed by atoms with van der Waals surface area (Å²) in [5.74, 6) is 0.381. The average Bonchev–Trinajstić information content (AvgIpc) is 3.84. The molecule has 6 aromatic rings. The van der Waals surface area contributed by atoms with Gasteiger partial charge in [0.25, 0.3) is 0 Å². The van der Waals surface area contributed by atoms with E-state index in [9.17, 15) is 0 Å². The van der Waals surface area contributed by atoms with Crippen molar-refractivity contribution in [1.29, 1.82) is 0 Å². The minimum atomic E-state index is -2.05. The highest BCUT2D eigenvalue weighted by molar-refractivity contribution is 6.74. The van der Waals surface area contributed by atoms with Crippen LogP contribution in [0.2, 0.25) is 18.1 Å². The number of benzene rings is 4. The number of fused-ring (bicyclic) bond motifs is 2. The van der Waals surface area contributed by atoms with Crippen LogP contribution in [0.25, 0.3) is 11.0 Å². The first-order valence-corrected chi connectivity index (χ1v) is 23.4. The molecule has 0 radical (unpaired) electrons. The Hall–Kier alpha value is -4.84. The van der Waals surface area contributed by atoms with E-state index in [0.29, 0.717) is 44.7 Å². The maximum absolute atomic E-state index is 6.85. The number of nitrogens with zero attached hydrogens (tertiary/aromatic N) is 4. The summed E-state index contributed by atoms with van der Waals surface area (Å²) in [4.78, 5) is 13.1. The number of anilines is 1. The normalized spacial score (nSPS) is 20.3. The van der Waals surface area contributed by atoms with Crippen molar-refractivity contribution in [3.8, 4) is 5.88 Å². The van der Waals surface area contributed by atoms with E-state index >= 15 is 0 Å². The zero-order valence-corrected chi connectivity index (χ0v) is 35.9. The van der Waals surface area contributed by atoms with Gasteiger partial charge in [0.2, 0.25) is 11.8 Å². The van der Waals surface area contributed by atoms with Gasteiger partial charge < -0.3 is 33.4 Å². The van der Waals surface area contributed by atoms with Crippen LogP contribution in [-0.4, -0.2) is 53.5 Å². The Labute approximate surface area is 344 Å². The smallest absolute Gasteiger partial charge is 0.243 e. The topological polar surface area (TPSA) is 82.9 Å². The second-order valence-corrected chi connectivity index (χ2v) is 22.5. The zero-order valence-electron chi connectivity index (χ0n) is 34.9. The molecule has 4 atom stereocenters. The number of aromatic nitrogens is 3. The number of hydrogen-bond acceptors (Lipinski definition) is 8. The minimum Gasteiger partial charge on any atom is -0.471 e. The molecule has 0 saturated carbocycles. The predicted octanol–water partition coefficient (Wildman–Crippen LogP) is 9.82. The molecule has 0 aliphatic carbocycles. The lowest BCUT2D eigenvalue weighted by atomic mass is 10.0. The second kappa shape index (κ2) is 16.4. The molecular weight excluding hydrogens is 739 g/mol. The first-order valence-electron chi connectivity index (χ1n) is 20.5. The zero-order chi connectivity index (χ0) is 40.5. The molecule has 0 bridgehead atoms. The van der Waals surface area contributed by atoms with Crippen LogP contribution in [0.4, 0.5) is 5.95 Å². The summed E-state index contributed by atoms with van der Waals surface area (Å²) < 4.78 is 29.4. The third-order valence-corrected chi connectivity index (χ3v) is 16.4. The first kappa shape index (κ1) is 40.0. The second-order valence-electron chi connectivity index (χ2n) is 17.7. The molecule has 4 unspecified atom stereocenters. The summed E-state index contributed by atoms with van der Waals surface area (Å²) in [6.45, 7) is 18.2. The maximum atomic E-state index is 6.85. The summed E-state index contributed by atoms with van der Waals surface area (Å²) in [7, 11) is -2.05. The van der Waals surface area contributed by atoms with Crippen LogP contribution in [0.5, 0.6) is 5.88 Å². The first-order chi connectivity index (χ1) is 27.8. The van der Waals surface area contributed by atoms with Gasteiger partial charge in [-0.3, -0.25) is 0 Å². The van der Waals surface area contributed by atoms with Gasteiger partial charge in [-0.25, -0.2) is 4.98 Å². The lowest BCUT2D eigenvalue weighted by molar-refractivity contribution is -0.157. The number of hydrogen-bond donors (Lipinski definition) is 1. The highest BCUT2D eigenvalue weighted by Gasteiger charge is 2.55. The summed E-state index contributed by atoms with van der Waals surface area (Å²) in [6, 6.07) is 41.5. The quantitative estimate of drug-likeness (QED) is 0.109. The number of nitrogens with one attached hydrogen (secondary N) is 1. The highest BCUT2D eigenvalue weighted by atomic mass is 28.4. The van der Waals surface area contributed by atoms with Crippen molar-refractivity contribution in [1.82, 2.24) is 19.9 Å². The van der Waals surface area contributed by atoms with Gasteiger partial charge in [-0.15, -0.1) is 0 Å². The van der Waals surface area contributed by atoms with Crippen molar-refractivity contribution in [2.45, 2.75) is 109 Å². The van der Waals surface area contributed by atoms with E-state index in [0.717, 1.165) is 22.2 Å². The van der Waals surface area contributed by atoms with E-state index < -0.39 is 14.1 Å². The molecule has 2 aliphatic rings. The van der Waals surface area contributed by atoms with E-state index in [-0.39, 0.29) is 29.3 Å². The molecule has 4 heterocycles. The van der Waals surface area contributed by atoms with Crippen molar-refractivity contribution < 1.29 is 18.6 Å². The molecule has 2 aromatic heterocycles. The molecule has 0 spiro atoms. The van der Waals surface area contributed by atoms with Gasteiger partial charge in [0.05, 0.1) is 18.7 Å². The van der Waals surface area contributed by atoms with Gasteiger partial charge in [-0.05, 0) is 54.2 Å². The van der Waals surface area contributed by atoms with Crippen molar-refractivity contribution >= 4 is 25.3 Å². The molecule has 8 rings (SSSR count). The fourth-order valence-electron chi connectivity index (χ4n) is 7.81. The number of rotatable bonds is 14. The van der Waals surface area contributed by atoms with Crippen LogP contribution in [0.3, 0.4) is 0 Å². The predicted molar refractivity (Wildman–Crippen MR) is 233 cm³/mol. The SMILES string of the molecule is CC1(C)OC2C(CO[Si](C)(C)C(C)(C)C)NC(c3cn(Cc4ccccc4)c4c(OCc5ccccc5)nc(N(Cc5ccccc5)Cc5ccccc5)nc34)C2O1. The fourth-order valence-corrected chi connectivity index (χ4v) is 8.84. The Balaban J connectivity index is 1.28. The highest BCUT2D eigenvalue weighted by Crippen LogP contribution is 2.45. The van der Waals surface area contributed by atoms with Gasteiger partial charge in [0, 0.05) is 31.4 Å². The Morgan fingerprint density at radius 3 is 1.84 bits per heavy atom. The fraction of sp³-hybridized carbons (Fsp3) is 0.375. The Kier molecular flexibility index (Phi) is 11.3. The molecule has 9 nitrogen and oxygen atoms in total. The van der Waals surface area contributed by atoms with Crippen LogP contribution in [-0.2, 0) is 40.1 Å². The Morgan fingerprint density at radius 1 is 0.741 bits per heavy atom. The minimum absolute atomic E-state index is 0.0798. The van der Waals surface area contributed by atoms with Gasteiger partial charge >= 0.3 is 0 Å². The molecule has 2 saturated heterocycles. The van der Waals surface area contributed by atoms with E-state index in [1.165, 1.54) is 16.7 Å². The van der Waals surface area contributed by atoms with Crippen LogP contribution in [0.1, 0.15) is 68.5 Å². The summed E-state index contributed by atoms with van der Waals surface area (Å²) >= 11 is 0. The van der Waals surface area contributed by atoms with E-state index in [4.69, 9.17) is 28.6 Å². The molecule has 0 amide bonds. The average molecular weight is 796 g/mol. The van der Waals surface area contributed by atoms with Gasteiger partial charge in [-0.1, -0.05) is 142 Å². The summed E-state index contributed by atoms with van der Waals surface area (Å²) in [6.07, 6.45) is 1.75. The molecule has 2 aliphatic heterocycles. The third kappa shape index (κ3) is 8.77. The van der Waals surface area contributed by atoms with Crippen molar-refractivity contribution in [2.24, 2.45) is 0 Å². The Morgan fingerprint density at radius 2 is 1.28 bits per heavy atom.